The van der Waals surface area contributed by atoms with Crippen molar-refractivity contribution < 1.29 is 13.2 Å². The molecule has 0 unspecified atom stereocenters. The Morgan fingerprint density at radius 3 is 2.30 bits per heavy atom. The Hall–Kier alpha value is -2.67. The first-order valence-corrected chi connectivity index (χ1v) is 11.4. The molecule has 30 heavy (non-hydrogen) atoms. The number of aryl methyl sites for hydroxylation is 1. The predicted octanol–water partition coefficient (Wildman–Crippen LogP) is 4.40. The highest BCUT2D eigenvalue weighted by Crippen LogP contribution is 2.30. The van der Waals surface area contributed by atoms with Gasteiger partial charge in [0.15, 0.2) is 0 Å². The van der Waals surface area contributed by atoms with Crippen LogP contribution in [-0.4, -0.2) is 24.7 Å². The minimum Gasteiger partial charge on any atom is -0.324 e. The number of amides is 1. The maximum Gasteiger partial charge on any atom is 0.244 e. The van der Waals surface area contributed by atoms with Gasteiger partial charge < -0.3 is 5.32 Å². The lowest BCUT2D eigenvalue weighted by molar-refractivity contribution is -0.120. The summed E-state index contributed by atoms with van der Waals surface area (Å²) in [4.78, 5) is 13.3. The van der Waals surface area contributed by atoms with E-state index in [1.54, 1.807) is 0 Å². The van der Waals surface area contributed by atoms with Crippen molar-refractivity contribution in [1.29, 1.82) is 0 Å². The van der Waals surface area contributed by atoms with Gasteiger partial charge in [0.1, 0.15) is 6.04 Å². The van der Waals surface area contributed by atoms with Crippen LogP contribution in [0.3, 0.4) is 0 Å². The number of anilines is 1. The molecule has 1 aliphatic rings. The molecule has 0 radical (unpaired) electrons. The second kappa shape index (κ2) is 8.22. The molecule has 0 aromatic heterocycles. The molecule has 1 atom stereocenters. The summed E-state index contributed by atoms with van der Waals surface area (Å²) in [6, 6.07) is 20.2. The first-order chi connectivity index (χ1) is 14.4. The zero-order chi connectivity index (χ0) is 21.3. The van der Waals surface area contributed by atoms with Crippen LogP contribution >= 0.6 is 11.6 Å². The van der Waals surface area contributed by atoms with Crippen molar-refractivity contribution in [2.45, 2.75) is 30.8 Å². The van der Waals surface area contributed by atoms with E-state index in [2.05, 4.69) is 5.32 Å². The maximum atomic E-state index is 13.4. The summed E-state index contributed by atoms with van der Waals surface area (Å²) < 4.78 is 28.2. The quantitative estimate of drug-likeness (QED) is 0.653. The van der Waals surface area contributed by atoms with Gasteiger partial charge in [-0.15, -0.1) is 0 Å². The number of rotatable bonds is 4. The highest BCUT2D eigenvalue weighted by atomic mass is 35.5. The number of para-hydroxylation sites is 1. The summed E-state index contributed by atoms with van der Waals surface area (Å²) >= 11 is 5.93. The standard InChI is InChI=1S/C23H21ClN2O3S/c1-16-6-2-5-9-21(16)25-23(27)22-14-17-7-3-4-8-18(17)15-26(22)30(28,29)20-12-10-19(24)11-13-20/h2-13,22H,14-15H2,1H3,(H,25,27)/t22-/m1/s1. The number of halogens is 1. The third kappa shape index (κ3) is 3.99. The largest absolute Gasteiger partial charge is 0.324 e. The Bertz CT molecular complexity index is 1190. The van der Waals surface area contributed by atoms with Gasteiger partial charge >= 0.3 is 0 Å². The molecule has 3 aromatic rings. The van der Waals surface area contributed by atoms with E-state index in [1.165, 1.54) is 28.6 Å². The fraction of sp³-hybridized carbons (Fsp3) is 0.174. The molecular formula is C23H21ClN2O3S. The Balaban J connectivity index is 1.73. The SMILES string of the molecule is Cc1ccccc1NC(=O)[C@H]1Cc2ccccc2CN1S(=O)(=O)c1ccc(Cl)cc1. The van der Waals surface area contributed by atoms with Crippen molar-refractivity contribution in [3.05, 3.63) is 94.5 Å². The monoisotopic (exact) mass is 440 g/mol. The van der Waals surface area contributed by atoms with Gasteiger partial charge in [0, 0.05) is 17.3 Å². The van der Waals surface area contributed by atoms with Gasteiger partial charge in [0.25, 0.3) is 0 Å². The molecule has 7 heteroatoms. The smallest absolute Gasteiger partial charge is 0.244 e. The number of benzene rings is 3. The van der Waals surface area contributed by atoms with Crippen molar-refractivity contribution in [2.24, 2.45) is 0 Å². The normalized spacial score (nSPS) is 16.7. The summed E-state index contributed by atoms with van der Waals surface area (Å²) in [5.74, 6) is -0.351. The molecule has 1 N–H and O–H groups in total. The van der Waals surface area contributed by atoms with E-state index in [-0.39, 0.29) is 17.3 Å². The highest BCUT2D eigenvalue weighted by Gasteiger charge is 2.39. The number of hydrogen-bond acceptors (Lipinski definition) is 3. The zero-order valence-electron chi connectivity index (χ0n) is 16.4. The van der Waals surface area contributed by atoms with Crippen molar-refractivity contribution >= 4 is 33.2 Å². The number of fused-ring (bicyclic) bond motifs is 1. The molecule has 154 valence electrons. The molecule has 1 aliphatic heterocycles. The molecule has 1 heterocycles. The van der Waals surface area contributed by atoms with Crippen LogP contribution in [0.2, 0.25) is 5.02 Å². The summed E-state index contributed by atoms with van der Waals surface area (Å²) in [6.45, 7) is 2.03. The Kier molecular flexibility index (Phi) is 5.64. The average molecular weight is 441 g/mol. The van der Waals surface area contributed by atoms with Crippen LogP contribution in [0.15, 0.2) is 77.7 Å². The second-order valence-electron chi connectivity index (χ2n) is 7.30. The molecular weight excluding hydrogens is 420 g/mol. The molecule has 0 aliphatic carbocycles. The summed E-state index contributed by atoms with van der Waals surface area (Å²) in [5.41, 5.74) is 3.46. The zero-order valence-corrected chi connectivity index (χ0v) is 18.0. The number of carbonyl (C=O) groups is 1. The van der Waals surface area contributed by atoms with E-state index < -0.39 is 16.1 Å². The van der Waals surface area contributed by atoms with E-state index >= 15 is 0 Å². The Labute approximate surface area is 181 Å². The first kappa shape index (κ1) is 20.6. The fourth-order valence-corrected chi connectivity index (χ4v) is 5.34. The van der Waals surface area contributed by atoms with Crippen LogP contribution in [0, 0.1) is 6.92 Å². The van der Waals surface area contributed by atoms with Crippen molar-refractivity contribution in [3.63, 3.8) is 0 Å². The van der Waals surface area contributed by atoms with Crippen LogP contribution in [0.1, 0.15) is 16.7 Å². The molecule has 4 rings (SSSR count). The second-order valence-corrected chi connectivity index (χ2v) is 9.62. The van der Waals surface area contributed by atoms with Gasteiger partial charge in [0.2, 0.25) is 15.9 Å². The van der Waals surface area contributed by atoms with Gasteiger partial charge in [-0.25, -0.2) is 8.42 Å². The lowest BCUT2D eigenvalue weighted by Crippen LogP contribution is -2.50. The van der Waals surface area contributed by atoms with E-state index in [4.69, 9.17) is 11.6 Å². The van der Waals surface area contributed by atoms with Crippen LogP contribution < -0.4 is 5.32 Å². The molecule has 1 amide bonds. The number of nitrogens with one attached hydrogen (secondary N) is 1. The van der Waals surface area contributed by atoms with Crippen LogP contribution in [0.4, 0.5) is 5.69 Å². The maximum absolute atomic E-state index is 13.4. The highest BCUT2D eigenvalue weighted by molar-refractivity contribution is 7.89. The van der Waals surface area contributed by atoms with Crippen LogP contribution in [0.25, 0.3) is 0 Å². The molecule has 0 fully saturated rings. The summed E-state index contributed by atoms with van der Waals surface area (Å²) in [5, 5.41) is 3.36. The Morgan fingerprint density at radius 2 is 1.60 bits per heavy atom. The van der Waals surface area contributed by atoms with Gasteiger partial charge in [0.05, 0.1) is 4.90 Å². The minimum atomic E-state index is -3.90. The van der Waals surface area contributed by atoms with Crippen LogP contribution in [-0.2, 0) is 27.8 Å². The molecule has 0 bridgehead atoms. The van der Waals surface area contributed by atoms with Gasteiger partial charge in [-0.3, -0.25) is 4.79 Å². The van der Waals surface area contributed by atoms with E-state index in [0.29, 0.717) is 17.1 Å². The molecule has 3 aromatic carbocycles. The Morgan fingerprint density at radius 1 is 0.967 bits per heavy atom. The molecule has 0 saturated heterocycles. The van der Waals surface area contributed by atoms with Gasteiger partial charge in [-0.05, 0) is 60.4 Å². The third-order valence-electron chi connectivity index (χ3n) is 5.33. The number of carbonyl (C=O) groups excluding carboxylic acids is 1. The topological polar surface area (TPSA) is 66.5 Å². The third-order valence-corrected chi connectivity index (χ3v) is 7.45. The first-order valence-electron chi connectivity index (χ1n) is 9.57. The van der Waals surface area contributed by atoms with Crippen molar-refractivity contribution in [1.82, 2.24) is 4.31 Å². The minimum absolute atomic E-state index is 0.111. The van der Waals surface area contributed by atoms with E-state index in [9.17, 15) is 13.2 Å². The van der Waals surface area contributed by atoms with Gasteiger partial charge in [-0.1, -0.05) is 54.1 Å². The lowest BCUT2D eigenvalue weighted by Gasteiger charge is -2.35. The summed E-state index contributed by atoms with van der Waals surface area (Å²) in [7, 11) is -3.90. The van der Waals surface area contributed by atoms with E-state index in [1.807, 2.05) is 55.5 Å². The number of sulfonamides is 1. The molecule has 0 saturated carbocycles. The molecule has 5 nitrogen and oxygen atoms in total. The number of nitrogens with zero attached hydrogens (tertiary/aromatic N) is 1. The van der Waals surface area contributed by atoms with Crippen LogP contribution in [0.5, 0.6) is 0 Å². The molecule has 0 spiro atoms. The number of hydrogen-bond donors (Lipinski definition) is 1. The average Bonchev–Trinajstić information content (AvgIpc) is 2.74. The van der Waals surface area contributed by atoms with Crippen molar-refractivity contribution in [2.75, 3.05) is 5.32 Å². The van der Waals surface area contributed by atoms with E-state index in [0.717, 1.165) is 16.7 Å². The van der Waals surface area contributed by atoms with Crippen molar-refractivity contribution in [3.8, 4) is 0 Å². The fourth-order valence-electron chi connectivity index (χ4n) is 3.65. The predicted molar refractivity (Wildman–Crippen MR) is 118 cm³/mol. The van der Waals surface area contributed by atoms with Gasteiger partial charge in [-0.2, -0.15) is 4.31 Å². The summed E-state index contributed by atoms with van der Waals surface area (Å²) in [6.07, 6.45) is 0.306. The lowest BCUT2D eigenvalue weighted by atomic mass is 9.95.